The second-order valence-electron chi connectivity index (χ2n) is 9.21. The molecule has 7 nitrogen and oxygen atoms in total. The molecule has 1 amide bonds. The number of carboxylic acids is 1. The van der Waals surface area contributed by atoms with Crippen molar-refractivity contribution in [3.8, 4) is 11.3 Å². The van der Waals surface area contributed by atoms with Crippen molar-refractivity contribution < 1.29 is 14.7 Å². The predicted octanol–water partition coefficient (Wildman–Crippen LogP) is 4.01. The Bertz CT molecular complexity index is 1100. The van der Waals surface area contributed by atoms with Gasteiger partial charge in [-0.1, -0.05) is 73.9 Å². The molecule has 1 saturated carbocycles. The van der Waals surface area contributed by atoms with Crippen molar-refractivity contribution in [1.29, 1.82) is 0 Å². The van der Waals surface area contributed by atoms with E-state index in [4.69, 9.17) is 10.8 Å². The summed E-state index contributed by atoms with van der Waals surface area (Å²) in [7, 11) is 0. The third-order valence-electron chi connectivity index (χ3n) is 6.82. The fourth-order valence-corrected chi connectivity index (χ4v) is 4.77. The Kier molecular flexibility index (Phi) is 7.43. The SMILES string of the molecule is NCC1(C(=O)NC(Cc2ccccc2)c2ncc(-c3ccc(CC(=O)O)cc3)[nH]2)CCCCC1. The zero-order valence-corrected chi connectivity index (χ0v) is 19.3. The quantitative estimate of drug-likeness (QED) is 0.384. The van der Waals surface area contributed by atoms with Crippen LogP contribution >= 0.6 is 0 Å². The molecule has 0 spiro atoms. The number of benzene rings is 2. The molecule has 0 aliphatic heterocycles. The van der Waals surface area contributed by atoms with Crippen LogP contribution in [-0.2, 0) is 22.4 Å². The number of nitrogens with zero attached hydrogens (tertiary/aromatic N) is 1. The van der Waals surface area contributed by atoms with Gasteiger partial charge in [-0.15, -0.1) is 0 Å². The van der Waals surface area contributed by atoms with E-state index in [0.717, 1.165) is 54.5 Å². The van der Waals surface area contributed by atoms with Crippen LogP contribution in [0.1, 0.15) is 55.1 Å². The standard InChI is InChI=1S/C27H32N4O3/c28-18-27(13-5-2-6-14-27)26(34)31-22(15-19-7-3-1-4-8-19)25-29-17-23(30-25)21-11-9-20(10-12-21)16-24(32)33/h1,3-4,7-12,17,22H,2,5-6,13-16,18,28H2,(H,29,30)(H,31,34)(H,32,33). The van der Waals surface area contributed by atoms with Gasteiger partial charge in [-0.3, -0.25) is 9.59 Å². The van der Waals surface area contributed by atoms with Gasteiger partial charge in [0.25, 0.3) is 0 Å². The first-order valence-corrected chi connectivity index (χ1v) is 11.9. The van der Waals surface area contributed by atoms with E-state index in [1.54, 1.807) is 18.3 Å². The predicted molar refractivity (Wildman–Crippen MR) is 131 cm³/mol. The van der Waals surface area contributed by atoms with Gasteiger partial charge >= 0.3 is 5.97 Å². The van der Waals surface area contributed by atoms with Crippen molar-refractivity contribution in [2.45, 2.75) is 51.0 Å². The van der Waals surface area contributed by atoms with Crippen LogP contribution in [-0.4, -0.2) is 33.5 Å². The van der Waals surface area contributed by atoms with E-state index < -0.39 is 11.4 Å². The minimum absolute atomic E-state index is 0.00612. The largest absolute Gasteiger partial charge is 0.481 e. The van der Waals surface area contributed by atoms with Crippen molar-refractivity contribution in [2.24, 2.45) is 11.1 Å². The lowest BCUT2D eigenvalue weighted by Gasteiger charge is -2.35. The first-order chi connectivity index (χ1) is 16.5. The van der Waals surface area contributed by atoms with Crippen LogP contribution < -0.4 is 11.1 Å². The number of hydrogen-bond acceptors (Lipinski definition) is 4. The van der Waals surface area contributed by atoms with Gasteiger partial charge in [0.2, 0.25) is 5.91 Å². The highest BCUT2D eigenvalue weighted by Gasteiger charge is 2.39. The number of imidazole rings is 1. The normalized spacial score (nSPS) is 16.0. The molecule has 0 saturated heterocycles. The van der Waals surface area contributed by atoms with Crippen LogP contribution in [0.15, 0.2) is 60.8 Å². The van der Waals surface area contributed by atoms with E-state index in [9.17, 15) is 9.59 Å². The highest BCUT2D eigenvalue weighted by Crippen LogP contribution is 2.36. The van der Waals surface area contributed by atoms with Crippen LogP contribution in [0.5, 0.6) is 0 Å². The molecule has 0 radical (unpaired) electrons. The Morgan fingerprint density at radius 3 is 2.38 bits per heavy atom. The molecule has 2 aromatic carbocycles. The molecule has 1 atom stereocenters. The molecule has 1 aromatic heterocycles. The molecule has 178 valence electrons. The van der Waals surface area contributed by atoms with Crippen LogP contribution in [0.3, 0.4) is 0 Å². The van der Waals surface area contributed by atoms with E-state index >= 15 is 0 Å². The van der Waals surface area contributed by atoms with Crippen molar-refractivity contribution in [3.05, 3.63) is 77.7 Å². The molecule has 3 aromatic rings. The van der Waals surface area contributed by atoms with E-state index in [-0.39, 0.29) is 18.4 Å². The molecule has 34 heavy (non-hydrogen) atoms. The topological polar surface area (TPSA) is 121 Å². The summed E-state index contributed by atoms with van der Waals surface area (Å²) in [6.07, 6.45) is 7.19. The zero-order chi connectivity index (χ0) is 24.0. The molecule has 1 fully saturated rings. The van der Waals surface area contributed by atoms with Crippen molar-refractivity contribution >= 4 is 11.9 Å². The second kappa shape index (κ2) is 10.7. The molecule has 1 aliphatic rings. The molecular formula is C27H32N4O3. The lowest BCUT2D eigenvalue weighted by molar-refractivity contribution is -0.136. The maximum absolute atomic E-state index is 13.4. The summed E-state index contributed by atoms with van der Waals surface area (Å²) in [5, 5.41) is 12.2. The Hall–Kier alpha value is -3.45. The summed E-state index contributed by atoms with van der Waals surface area (Å²) in [4.78, 5) is 32.4. The third-order valence-corrected chi connectivity index (χ3v) is 6.82. The first-order valence-electron chi connectivity index (χ1n) is 11.9. The Labute approximate surface area is 199 Å². The van der Waals surface area contributed by atoms with Gasteiger partial charge in [0, 0.05) is 6.54 Å². The average molecular weight is 461 g/mol. The first kappa shape index (κ1) is 23.7. The van der Waals surface area contributed by atoms with Gasteiger partial charge in [-0.2, -0.15) is 0 Å². The number of rotatable bonds is 9. The summed E-state index contributed by atoms with van der Waals surface area (Å²) in [6.45, 7) is 0.350. The van der Waals surface area contributed by atoms with E-state index in [2.05, 4.69) is 15.3 Å². The highest BCUT2D eigenvalue weighted by atomic mass is 16.4. The van der Waals surface area contributed by atoms with E-state index in [0.29, 0.717) is 18.8 Å². The van der Waals surface area contributed by atoms with Gasteiger partial charge in [-0.25, -0.2) is 4.98 Å². The van der Waals surface area contributed by atoms with Gasteiger partial charge in [-0.05, 0) is 36.0 Å². The summed E-state index contributed by atoms with van der Waals surface area (Å²) in [6, 6.07) is 17.1. The summed E-state index contributed by atoms with van der Waals surface area (Å²) < 4.78 is 0. The van der Waals surface area contributed by atoms with Gasteiger partial charge < -0.3 is 21.1 Å². The molecule has 5 N–H and O–H groups in total. The number of amides is 1. The van der Waals surface area contributed by atoms with Crippen molar-refractivity contribution in [2.75, 3.05) is 6.54 Å². The van der Waals surface area contributed by atoms with E-state index in [1.807, 2.05) is 42.5 Å². The maximum atomic E-state index is 13.4. The van der Waals surface area contributed by atoms with Gasteiger partial charge in [0.15, 0.2) is 0 Å². The summed E-state index contributed by atoms with van der Waals surface area (Å²) in [5.41, 5.74) is 9.16. The van der Waals surface area contributed by atoms with Gasteiger partial charge in [0.1, 0.15) is 5.82 Å². The summed E-state index contributed by atoms with van der Waals surface area (Å²) >= 11 is 0. The molecule has 7 heteroatoms. The van der Waals surface area contributed by atoms with Crippen LogP contribution in [0, 0.1) is 5.41 Å². The number of carbonyl (C=O) groups excluding carboxylic acids is 1. The Balaban J connectivity index is 1.57. The van der Waals surface area contributed by atoms with Crippen LogP contribution in [0.25, 0.3) is 11.3 Å². The Morgan fingerprint density at radius 1 is 1.03 bits per heavy atom. The zero-order valence-electron chi connectivity index (χ0n) is 19.3. The molecule has 1 aliphatic carbocycles. The van der Waals surface area contributed by atoms with Crippen LogP contribution in [0.2, 0.25) is 0 Å². The maximum Gasteiger partial charge on any atom is 0.307 e. The number of hydrogen-bond donors (Lipinski definition) is 4. The number of carboxylic acid groups (broad SMARTS) is 1. The number of nitrogens with one attached hydrogen (secondary N) is 2. The second-order valence-corrected chi connectivity index (χ2v) is 9.21. The lowest BCUT2D eigenvalue weighted by atomic mass is 9.73. The number of aliphatic carboxylic acids is 1. The number of aromatic nitrogens is 2. The van der Waals surface area contributed by atoms with Crippen LogP contribution in [0.4, 0.5) is 0 Å². The fourth-order valence-electron chi connectivity index (χ4n) is 4.77. The summed E-state index contributed by atoms with van der Waals surface area (Å²) in [5.74, 6) is -0.166. The monoisotopic (exact) mass is 460 g/mol. The van der Waals surface area contributed by atoms with Gasteiger partial charge in [0.05, 0.1) is 29.8 Å². The fraction of sp³-hybridized carbons (Fsp3) is 0.370. The van der Waals surface area contributed by atoms with Crippen molar-refractivity contribution in [1.82, 2.24) is 15.3 Å². The van der Waals surface area contributed by atoms with Crippen molar-refractivity contribution in [3.63, 3.8) is 0 Å². The number of H-pyrrole nitrogens is 1. The third kappa shape index (κ3) is 5.54. The number of aromatic amines is 1. The molecule has 1 unspecified atom stereocenters. The minimum Gasteiger partial charge on any atom is -0.481 e. The lowest BCUT2D eigenvalue weighted by Crippen LogP contribution is -2.48. The highest BCUT2D eigenvalue weighted by molar-refractivity contribution is 5.83. The Morgan fingerprint density at radius 2 is 1.74 bits per heavy atom. The average Bonchev–Trinajstić information content (AvgIpc) is 3.35. The minimum atomic E-state index is -0.857. The smallest absolute Gasteiger partial charge is 0.307 e. The number of nitrogens with two attached hydrogens (primary N) is 1. The van der Waals surface area contributed by atoms with E-state index in [1.165, 1.54) is 0 Å². The molecule has 0 bridgehead atoms. The molecular weight excluding hydrogens is 428 g/mol. The molecule has 4 rings (SSSR count). The molecule has 1 heterocycles. The number of carbonyl (C=O) groups is 2.